The summed E-state index contributed by atoms with van der Waals surface area (Å²) in [7, 11) is 0. The van der Waals surface area contributed by atoms with Crippen molar-refractivity contribution in [1.82, 2.24) is 14.9 Å². The fraction of sp³-hybridized carbons (Fsp3) is 0.217. The molecule has 1 aliphatic rings. The summed E-state index contributed by atoms with van der Waals surface area (Å²) in [5, 5.41) is 13.0. The minimum Gasteiger partial charge on any atom is -0.399 e. The maximum Gasteiger partial charge on any atom is 0.416 e. The Morgan fingerprint density at radius 3 is 2.60 bits per heavy atom. The minimum absolute atomic E-state index is 0.0695. The molecule has 1 aromatic heterocycles. The van der Waals surface area contributed by atoms with E-state index in [1.807, 2.05) is 5.32 Å². The van der Waals surface area contributed by atoms with Gasteiger partial charge in [0.1, 0.15) is 23.8 Å². The van der Waals surface area contributed by atoms with Crippen LogP contribution < -0.4 is 22.1 Å². The molecule has 1 atom stereocenters. The number of carbonyl (C=O) groups is 1. The number of likely N-dealkylation sites (tertiary alicyclic amines) is 1. The number of rotatable bonds is 5. The number of anilines is 3. The van der Waals surface area contributed by atoms with Gasteiger partial charge in [0.25, 0.3) is 0 Å². The number of nitrogens with zero attached hydrogens (tertiary/aromatic N) is 3. The lowest BCUT2D eigenvalue weighted by Crippen LogP contribution is -2.86. The zero-order valence-corrected chi connectivity index (χ0v) is 18.5. The summed E-state index contributed by atoms with van der Waals surface area (Å²) < 4.78 is 38.8. The number of hydrogen-bond acceptors (Lipinski definition) is 6. The Bertz CT molecular complexity index is 1250. The predicted octanol–water partition coefficient (Wildman–Crippen LogP) is 2.58. The second-order valence-corrected chi connectivity index (χ2v) is 8.19. The van der Waals surface area contributed by atoms with Gasteiger partial charge in [-0.1, -0.05) is 18.2 Å². The van der Waals surface area contributed by atoms with E-state index < -0.39 is 17.8 Å². The Labute approximate surface area is 198 Å². The van der Waals surface area contributed by atoms with Gasteiger partial charge in [0.15, 0.2) is 0 Å². The van der Waals surface area contributed by atoms with E-state index in [9.17, 15) is 18.0 Å². The largest absolute Gasteiger partial charge is 0.416 e. The van der Waals surface area contributed by atoms with Crippen LogP contribution in [0.15, 0.2) is 54.9 Å². The number of hydrogen-bond donors (Lipinski definition) is 5. The Hall–Kier alpha value is -4.19. The first kappa shape index (κ1) is 24.0. The van der Waals surface area contributed by atoms with E-state index in [2.05, 4.69) is 15.3 Å². The lowest BCUT2D eigenvalue weighted by atomic mass is 10.0. The van der Waals surface area contributed by atoms with Crippen LogP contribution in [0.2, 0.25) is 0 Å². The van der Waals surface area contributed by atoms with Crippen LogP contribution in [0.3, 0.4) is 0 Å². The molecule has 182 valence electrons. The first-order valence-corrected chi connectivity index (χ1v) is 10.7. The highest BCUT2D eigenvalue weighted by molar-refractivity contribution is 6.15. The SMILES string of the molecule is N=C(c1ccc(N)cc1)c1c(N)ncnc1[NH2+][C@@H]1CCN(C(=O)Nc2cccc(C(F)(F)F)c2)C1. The third-order valence-electron chi connectivity index (χ3n) is 5.70. The summed E-state index contributed by atoms with van der Waals surface area (Å²) in [6.07, 6.45) is -2.56. The van der Waals surface area contributed by atoms with Crippen molar-refractivity contribution in [3.8, 4) is 0 Å². The number of nitrogens with one attached hydrogen (secondary N) is 2. The van der Waals surface area contributed by atoms with E-state index in [4.69, 9.17) is 16.9 Å². The van der Waals surface area contributed by atoms with Gasteiger partial charge in [-0.3, -0.25) is 10.7 Å². The quantitative estimate of drug-likeness (QED) is 0.278. The van der Waals surface area contributed by atoms with Gasteiger partial charge in [0, 0.05) is 29.9 Å². The van der Waals surface area contributed by atoms with Gasteiger partial charge in [-0.25, -0.2) is 9.78 Å². The van der Waals surface area contributed by atoms with Crippen LogP contribution in [0, 0.1) is 5.41 Å². The van der Waals surface area contributed by atoms with Crippen LogP contribution in [-0.2, 0) is 6.18 Å². The summed E-state index contributed by atoms with van der Waals surface area (Å²) in [6, 6.07) is 10.7. The normalized spacial score (nSPS) is 15.7. The van der Waals surface area contributed by atoms with Crippen LogP contribution in [0.25, 0.3) is 0 Å². The van der Waals surface area contributed by atoms with Crippen LogP contribution in [0.4, 0.5) is 41.0 Å². The number of amides is 2. The average Bonchev–Trinajstić information content (AvgIpc) is 3.28. The molecule has 1 saturated heterocycles. The summed E-state index contributed by atoms with van der Waals surface area (Å²) >= 11 is 0. The average molecular weight is 485 g/mol. The van der Waals surface area contributed by atoms with Crippen LogP contribution >= 0.6 is 0 Å². The van der Waals surface area contributed by atoms with Crippen LogP contribution in [0.1, 0.15) is 23.1 Å². The molecule has 3 aromatic rings. The first-order valence-electron chi connectivity index (χ1n) is 10.7. The van der Waals surface area contributed by atoms with Crippen LogP contribution in [-0.4, -0.2) is 45.7 Å². The molecule has 12 heteroatoms. The molecule has 8 N–H and O–H groups in total. The lowest BCUT2D eigenvalue weighted by molar-refractivity contribution is -0.610. The molecule has 0 bridgehead atoms. The standard InChI is InChI=1S/C23H23F3N8O/c24-23(25,26)14-2-1-3-16(10-14)33-22(35)34-9-8-17(11-34)32-21-18(20(29)30-12-31-21)19(28)13-4-6-15(27)7-5-13/h1-7,10,12,17,28H,8-9,11,27H2,(H,33,35)(H3,29,30,31,32)/p+1/t17-/m1/s1. The van der Waals surface area contributed by atoms with Gasteiger partial charge in [0.2, 0.25) is 5.82 Å². The fourth-order valence-electron chi connectivity index (χ4n) is 3.90. The van der Waals surface area contributed by atoms with Crippen molar-refractivity contribution >= 4 is 34.8 Å². The van der Waals surface area contributed by atoms with Crippen molar-refractivity contribution in [2.24, 2.45) is 0 Å². The third-order valence-corrected chi connectivity index (χ3v) is 5.70. The number of nitrogen functional groups attached to an aromatic ring is 2. The number of halogens is 3. The monoisotopic (exact) mass is 485 g/mol. The number of urea groups is 1. The number of alkyl halides is 3. The Morgan fingerprint density at radius 2 is 1.89 bits per heavy atom. The Balaban J connectivity index is 1.44. The second kappa shape index (κ2) is 9.58. The molecule has 35 heavy (non-hydrogen) atoms. The summed E-state index contributed by atoms with van der Waals surface area (Å²) in [4.78, 5) is 22.5. The molecule has 4 rings (SSSR count). The fourth-order valence-corrected chi connectivity index (χ4v) is 3.90. The van der Waals surface area contributed by atoms with Crippen molar-refractivity contribution in [2.45, 2.75) is 18.6 Å². The van der Waals surface area contributed by atoms with Crippen molar-refractivity contribution in [2.75, 3.05) is 29.9 Å². The molecule has 1 fully saturated rings. The number of quaternary nitrogens is 1. The highest BCUT2D eigenvalue weighted by Gasteiger charge is 2.33. The van der Waals surface area contributed by atoms with Gasteiger partial charge in [-0.15, -0.1) is 0 Å². The van der Waals surface area contributed by atoms with E-state index in [-0.39, 0.29) is 23.3 Å². The summed E-state index contributed by atoms with van der Waals surface area (Å²) in [5.41, 5.74) is 12.7. The highest BCUT2D eigenvalue weighted by atomic mass is 19.4. The molecule has 0 unspecified atom stereocenters. The maximum absolute atomic E-state index is 12.9. The second-order valence-electron chi connectivity index (χ2n) is 8.19. The molecule has 9 nitrogen and oxygen atoms in total. The van der Waals surface area contributed by atoms with E-state index in [0.29, 0.717) is 42.1 Å². The Kier molecular flexibility index (Phi) is 6.56. The van der Waals surface area contributed by atoms with Crippen LogP contribution in [0.5, 0.6) is 0 Å². The van der Waals surface area contributed by atoms with Gasteiger partial charge in [-0.05, 0) is 30.3 Å². The zero-order chi connectivity index (χ0) is 25.2. The summed E-state index contributed by atoms with van der Waals surface area (Å²) in [5.74, 6) is 0.634. The van der Waals surface area contributed by atoms with Crippen molar-refractivity contribution in [1.29, 1.82) is 5.41 Å². The lowest BCUT2D eigenvalue weighted by Gasteiger charge is -2.18. The number of aromatic nitrogens is 2. The van der Waals surface area contributed by atoms with Gasteiger partial charge >= 0.3 is 12.2 Å². The number of carbonyl (C=O) groups excluding carboxylic acids is 1. The molecule has 2 amide bonds. The molecular weight excluding hydrogens is 461 g/mol. The first-order chi connectivity index (χ1) is 16.6. The van der Waals surface area contributed by atoms with E-state index in [1.165, 1.54) is 23.4 Å². The van der Waals surface area contributed by atoms with E-state index in [0.717, 1.165) is 12.1 Å². The molecule has 0 spiro atoms. The van der Waals surface area contributed by atoms with Crippen molar-refractivity contribution < 1.29 is 23.3 Å². The highest BCUT2D eigenvalue weighted by Crippen LogP contribution is 2.30. The number of nitrogens with two attached hydrogens (primary N) is 3. The molecule has 0 aliphatic carbocycles. The van der Waals surface area contributed by atoms with E-state index >= 15 is 0 Å². The van der Waals surface area contributed by atoms with Crippen molar-refractivity contribution in [3.63, 3.8) is 0 Å². The molecule has 2 aromatic carbocycles. The van der Waals surface area contributed by atoms with E-state index in [1.54, 1.807) is 24.3 Å². The molecule has 2 heterocycles. The molecule has 0 saturated carbocycles. The number of benzene rings is 2. The zero-order valence-electron chi connectivity index (χ0n) is 18.5. The smallest absolute Gasteiger partial charge is 0.399 e. The molecule has 1 aliphatic heterocycles. The Morgan fingerprint density at radius 1 is 1.14 bits per heavy atom. The van der Waals surface area contributed by atoms with Gasteiger partial charge in [0.05, 0.1) is 17.8 Å². The minimum atomic E-state index is -4.49. The molecular formula is C23H24F3N8O+. The summed E-state index contributed by atoms with van der Waals surface area (Å²) in [6.45, 7) is 0.751. The third kappa shape index (κ3) is 5.49. The predicted molar refractivity (Wildman–Crippen MR) is 125 cm³/mol. The van der Waals surface area contributed by atoms with Crippen molar-refractivity contribution in [3.05, 3.63) is 71.5 Å². The molecule has 0 radical (unpaired) electrons. The van der Waals surface area contributed by atoms with Gasteiger partial charge < -0.3 is 21.7 Å². The topological polar surface area (TPSA) is 151 Å². The maximum atomic E-state index is 12.9. The van der Waals surface area contributed by atoms with Gasteiger partial charge in [-0.2, -0.15) is 18.2 Å².